The monoisotopic (exact) mass is 571 g/mol. The molecule has 0 bridgehead atoms. The number of hydrogen-bond donors (Lipinski definition) is 3. The summed E-state index contributed by atoms with van der Waals surface area (Å²) in [6.45, 7) is 10.7. The first kappa shape index (κ1) is 29.6. The second kappa shape index (κ2) is 12.2. The van der Waals surface area contributed by atoms with E-state index in [1.165, 1.54) is 25.3 Å². The molecule has 1 aromatic rings. The number of benzene rings is 1. The second-order valence-corrected chi connectivity index (χ2v) is 13.6. The number of rotatable bonds is 7. The first-order valence-electron chi connectivity index (χ1n) is 15.3. The average molecular weight is 572 g/mol. The van der Waals surface area contributed by atoms with Crippen LogP contribution in [0.1, 0.15) is 78.6 Å². The molecule has 9 nitrogen and oxygen atoms in total. The maximum Gasteiger partial charge on any atom is 0.407 e. The van der Waals surface area contributed by atoms with E-state index in [4.69, 9.17) is 4.74 Å². The Kier molecular flexibility index (Phi) is 8.78. The fourth-order valence-electron chi connectivity index (χ4n) is 6.93. The quantitative estimate of drug-likeness (QED) is 0.417. The van der Waals surface area contributed by atoms with Crippen LogP contribution in [-0.2, 0) is 14.3 Å². The van der Waals surface area contributed by atoms with E-state index >= 15 is 4.39 Å². The van der Waals surface area contributed by atoms with Gasteiger partial charge in [-0.3, -0.25) is 14.9 Å². The first-order chi connectivity index (χ1) is 19.5. The van der Waals surface area contributed by atoms with Crippen molar-refractivity contribution in [3.05, 3.63) is 24.0 Å². The molecule has 3 aliphatic heterocycles. The van der Waals surface area contributed by atoms with E-state index in [1.807, 2.05) is 26.8 Å². The molecule has 3 N–H and O–H groups in total. The molecular weight excluding hydrogens is 525 g/mol. The standard InChI is InChI=1S/C31H46FN5O4/c1-30(2,3)41-29(40)34-23-19-31(20-23)11-16-36(17-12-31)13-8-21-9-14-37(15-10-21)26-6-4-22(18-24(26)32)33-25-5-7-27(38)35-28(25)39/h4,6,18,21,23,25,33H,5,7-17,19-20H2,1-3H3,(H,34,40)(H,35,38,39). The average Bonchev–Trinajstić information content (AvgIpc) is 2.88. The smallest absolute Gasteiger partial charge is 0.407 e. The molecule has 10 heteroatoms. The molecule has 1 saturated carbocycles. The number of imide groups is 1. The number of ether oxygens (including phenoxy) is 1. The van der Waals surface area contributed by atoms with Gasteiger partial charge in [-0.25, -0.2) is 9.18 Å². The van der Waals surface area contributed by atoms with Gasteiger partial charge in [-0.1, -0.05) is 0 Å². The summed E-state index contributed by atoms with van der Waals surface area (Å²) in [4.78, 5) is 40.1. The van der Waals surface area contributed by atoms with Gasteiger partial charge in [0.1, 0.15) is 17.5 Å². The van der Waals surface area contributed by atoms with Gasteiger partial charge in [0.2, 0.25) is 11.8 Å². The topological polar surface area (TPSA) is 103 Å². The van der Waals surface area contributed by atoms with Gasteiger partial charge in [0, 0.05) is 31.2 Å². The predicted octanol–water partition coefficient (Wildman–Crippen LogP) is 4.42. The number of hydrogen-bond acceptors (Lipinski definition) is 7. The number of piperidine rings is 3. The Morgan fingerprint density at radius 2 is 1.80 bits per heavy atom. The molecule has 3 amide bonds. The number of alkyl carbamates (subject to hydrolysis) is 1. The Morgan fingerprint density at radius 1 is 1.10 bits per heavy atom. The summed E-state index contributed by atoms with van der Waals surface area (Å²) in [5.41, 5.74) is 1.08. The van der Waals surface area contributed by atoms with E-state index in [2.05, 4.69) is 25.8 Å². The Hall–Kier alpha value is -2.88. The molecule has 1 atom stereocenters. The number of carbonyl (C=O) groups is 3. The van der Waals surface area contributed by atoms with Crippen LogP contribution in [0.2, 0.25) is 0 Å². The highest BCUT2D eigenvalue weighted by molar-refractivity contribution is 6.01. The summed E-state index contributed by atoms with van der Waals surface area (Å²) < 4.78 is 20.4. The number of likely N-dealkylation sites (tertiary alicyclic amines) is 1. The van der Waals surface area contributed by atoms with Gasteiger partial charge >= 0.3 is 6.09 Å². The third kappa shape index (κ3) is 7.70. The lowest BCUT2D eigenvalue weighted by atomic mass is 9.60. The molecule has 3 saturated heterocycles. The number of carbonyl (C=O) groups excluding carboxylic acids is 3. The van der Waals surface area contributed by atoms with Crippen LogP contribution >= 0.6 is 0 Å². The highest BCUT2D eigenvalue weighted by Crippen LogP contribution is 2.49. The minimum Gasteiger partial charge on any atom is -0.444 e. The van der Waals surface area contributed by atoms with Crippen LogP contribution < -0.4 is 20.9 Å². The molecule has 1 aliphatic carbocycles. The number of anilines is 2. The van der Waals surface area contributed by atoms with Gasteiger partial charge in [-0.15, -0.1) is 0 Å². The largest absolute Gasteiger partial charge is 0.444 e. The zero-order valence-electron chi connectivity index (χ0n) is 24.8. The molecule has 3 heterocycles. The van der Waals surface area contributed by atoms with Gasteiger partial charge in [0.25, 0.3) is 0 Å². The third-order valence-corrected chi connectivity index (χ3v) is 9.33. The van der Waals surface area contributed by atoms with E-state index in [9.17, 15) is 14.4 Å². The van der Waals surface area contributed by atoms with Crippen molar-refractivity contribution in [1.29, 1.82) is 0 Å². The normalized spacial score (nSPS) is 24.1. The summed E-state index contributed by atoms with van der Waals surface area (Å²) in [5.74, 6) is -0.256. The minimum atomic E-state index is -0.522. The zero-order valence-corrected chi connectivity index (χ0v) is 24.8. The Bertz CT molecular complexity index is 1110. The van der Waals surface area contributed by atoms with E-state index < -0.39 is 11.6 Å². The molecule has 4 fully saturated rings. The van der Waals surface area contributed by atoms with Crippen molar-refractivity contribution in [2.45, 2.75) is 96.2 Å². The summed E-state index contributed by atoms with van der Waals surface area (Å²) in [5, 5.41) is 8.41. The molecule has 4 aliphatic rings. The first-order valence-corrected chi connectivity index (χ1v) is 15.3. The molecule has 1 aromatic carbocycles. The SMILES string of the molecule is CC(C)(C)OC(=O)NC1CC2(CCN(CCC3CCN(c4ccc(NC5CCC(=O)NC5=O)cc4F)CC3)CC2)C1. The van der Waals surface area contributed by atoms with E-state index in [1.54, 1.807) is 6.07 Å². The van der Waals surface area contributed by atoms with Crippen molar-refractivity contribution in [1.82, 2.24) is 15.5 Å². The van der Waals surface area contributed by atoms with Gasteiger partial charge in [-0.05, 0) is 121 Å². The fraction of sp³-hybridized carbons (Fsp3) is 0.710. The molecule has 5 rings (SSSR count). The lowest BCUT2D eigenvalue weighted by Gasteiger charge is -2.52. The summed E-state index contributed by atoms with van der Waals surface area (Å²) in [6, 6.07) is 4.78. The molecule has 0 radical (unpaired) electrons. The van der Waals surface area contributed by atoms with E-state index in [0.717, 1.165) is 58.4 Å². The lowest BCUT2D eigenvalue weighted by molar-refractivity contribution is -0.133. The maximum absolute atomic E-state index is 15.0. The molecule has 1 unspecified atom stereocenters. The van der Waals surface area contributed by atoms with E-state index in [-0.39, 0.29) is 36.2 Å². The van der Waals surface area contributed by atoms with E-state index in [0.29, 0.717) is 29.1 Å². The zero-order chi connectivity index (χ0) is 29.2. The van der Waals surface area contributed by atoms with Crippen molar-refractivity contribution in [3.8, 4) is 0 Å². The molecule has 0 aromatic heterocycles. The molecular formula is C31H46FN5O4. The van der Waals surface area contributed by atoms with Crippen molar-refractivity contribution < 1.29 is 23.5 Å². The lowest BCUT2D eigenvalue weighted by Crippen LogP contribution is -2.55. The Balaban J connectivity index is 0.989. The van der Waals surface area contributed by atoms with Crippen LogP contribution in [0.3, 0.4) is 0 Å². The third-order valence-electron chi connectivity index (χ3n) is 9.33. The fourth-order valence-corrected chi connectivity index (χ4v) is 6.93. The van der Waals surface area contributed by atoms with Crippen LogP contribution in [0.25, 0.3) is 0 Å². The second-order valence-electron chi connectivity index (χ2n) is 13.6. The number of nitrogens with one attached hydrogen (secondary N) is 3. The predicted molar refractivity (Wildman–Crippen MR) is 156 cm³/mol. The van der Waals surface area contributed by atoms with Crippen molar-refractivity contribution in [2.75, 3.05) is 42.9 Å². The van der Waals surface area contributed by atoms with Gasteiger partial charge < -0.3 is 25.2 Å². The molecule has 1 spiro atoms. The van der Waals surface area contributed by atoms with Gasteiger partial charge in [-0.2, -0.15) is 0 Å². The number of amides is 3. The van der Waals surface area contributed by atoms with Gasteiger partial charge in [0.15, 0.2) is 0 Å². The van der Waals surface area contributed by atoms with Gasteiger partial charge in [0.05, 0.1) is 5.69 Å². The molecule has 41 heavy (non-hydrogen) atoms. The van der Waals surface area contributed by atoms with Crippen molar-refractivity contribution >= 4 is 29.3 Å². The maximum atomic E-state index is 15.0. The minimum absolute atomic E-state index is 0.240. The van der Waals surface area contributed by atoms with Crippen molar-refractivity contribution in [3.63, 3.8) is 0 Å². The molecule has 226 valence electrons. The van der Waals surface area contributed by atoms with Crippen LogP contribution in [0.15, 0.2) is 18.2 Å². The highest BCUT2D eigenvalue weighted by atomic mass is 19.1. The van der Waals surface area contributed by atoms with Crippen molar-refractivity contribution in [2.24, 2.45) is 11.3 Å². The van der Waals surface area contributed by atoms with Crippen LogP contribution in [0.4, 0.5) is 20.6 Å². The van der Waals surface area contributed by atoms with Crippen LogP contribution in [0.5, 0.6) is 0 Å². The number of nitrogens with zero attached hydrogens (tertiary/aromatic N) is 2. The summed E-state index contributed by atoms with van der Waals surface area (Å²) in [6.07, 6.45) is 8.21. The Morgan fingerprint density at radius 3 is 2.44 bits per heavy atom. The van der Waals surface area contributed by atoms with Crippen LogP contribution in [-0.4, -0.2) is 73.2 Å². The van der Waals surface area contributed by atoms with Crippen LogP contribution in [0, 0.1) is 17.2 Å². The number of halogens is 1. The Labute approximate surface area is 242 Å². The highest BCUT2D eigenvalue weighted by Gasteiger charge is 2.46. The summed E-state index contributed by atoms with van der Waals surface area (Å²) in [7, 11) is 0. The summed E-state index contributed by atoms with van der Waals surface area (Å²) >= 11 is 0.